The van der Waals surface area contributed by atoms with Gasteiger partial charge < -0.3 is 9.64 Å². The van der Waals surface area contributed by atoms with E-state index in [0.717, 1.165) is 50.8 Å². The Morgan fingerprint density at radius 2 is 1.73 bits per heavy atom. The zero-order valence-corrected chi connectivity index (χ0v) is 17.6. The minimum atomic E-state index is -4.30. The molecule has 1 amide bonds. The van der Waals surface area contributed by atoms with Crippen molar-refractivity contribution < 1.29 is 27.5 Å². The first kappa shape index (κ1) is 21.5. The molecule has 0 bridgehead atoms. The fraction of sp³-hybridized carbons (Fsp3) is 0.636. The first-order chi connectivity index (χ1) is 13.7. The van der Waals surface area contributed by atoms with E-state index in [9.17, 15) is 22.8 Å². The average Bonchev–Trinajstić information content (AvgIpc) is 3.22. The van der Waals surface area contributed by atoms with Crippen molar-refractivity contribution in [2.75, 3.05) is 19.7 Å². The first-order valence-corrected chi connectivity index (χ1v) is 10.3. The molecule has 0 N–H and O–H groups in total. The minimum absolute atomic E-state index is 0. The van der Waals surface area contributed by atoms with Gasteiger partial charge in [-0.15, -0.1) is 0 Å². The predicted octanol–water partition coefficient (Wildman–Crippen LogP) is 4.26. The third-order valence-corrected chi connectivity index (χ3v) is 7.54. The highest BCUT2D eigenvalue weighted by Gasteiger charge is 2.56. The molecule has 1 aromatic rings. The highest BCUT2D eigenvalue weighted by Crippen LogP contribution is 2.55. The molecule has 2 heterocycles. The fourth-order valence-electron chi connectivity index (χ4n) is 5.96. The summed E-state index contributed by atoms with van der Waals surface area (Å²) in [7, 11) is 0. The summed E-state index contributed by atoms with van der Waals surface area (Å²) in [6.07, 6.45) is 0.528. The van der Waals surface area contributed by atoms with Crippen LogP contribution in [0.2, 0.25) is 0 Å². The number of ether oxygens (including phenoxy) is 1. The second kappa shape index (κ2) is 7.18. The topological polar surface area (TPSA) is 46.6 Å². The van der Waals surface area contributed by atoms with Gasteiger partial charge in [0.05, 0.1) is 18.6 Å². The van der Waals surface area contributed by atoms with Crippen LogP contribution >= 0.6 is 13.5 Å². The van der Waals surface area contributed by atoms with E-state index < -0.39 is 11.7 Å². The molecule has 2 aliphatic carbocycles. The standard InChI is InChI=1S/C22H24F3NO3.H2S/c23-22(24,25)17-3-1-14(2-4-17)15-5-6-20(7-15)11-26(12-20)19(28)16-8-21(9-16)10-18(27)29-13-21;/h1-4,15-16H,5-13H2;1H2/t15-,16?,21?;/m0./s1. The Balaban J connectivity index is 0.00000218. The minimum Gasteiger partial charge on any atom is -0.465 e. The quantitative estimate of drug-likeness (QED) is 0.645. The molecular weight excluding hydrogens is 415 g/mol. The lowest BCUT2D eigenvalue weighted by molar-refractivity contribution is -0.155. The zero-order valence-electron chi connectivity index (χ0n) is 16.6. The van der Waals surface area contributed by atoms with Crippen molar-refractivity contribution in [1.82, 2.24) is 4.90 Å². The van der Waals surface area contributed by atoms with E-state index in [0.29, 0.717) is 13.0 Å². The maximum Gasteiger partial charge on any atom is 0.416 e. The van der Waals surface area contributed by atoms with E-state index in [1.165, 1.54) is 12.1 Å². The number of cyclic esters (lactones) is 1. The van der Waals surface area contributed by atoms with Crippen LogP contribution in [0.25, 0.3) is 0 Å². The number of rotatable bonds is 2. The van der Waals surface area contributed by atoms with Gasteiger partial charge in [0.25, 0.3) is 0 Å². The monoisotopic (exact) mass is 441 g/mol. The van der Waals surface area contributed by atoms with E-state index in [4.69, 9.17) is 4.74 Å². The maximum absolute atomic E-state index is 12.8. The molecule has 164 valence electrons. The number of hydrogen-bond donors (Lipinski definition) is 0. The molecule has 4 aliphatic rings. The molecule has 8 heteroatoms. The van der Waals surface area contributed by atoms with Crippen LogP contribution in [0.1, 0.15) is 55.6 Å². The molecule has 2 saturated heterocycles. The number of nitrogens with zero attached hydrogens (tertiary/aromatic N) is 1. The summed E-state index contributed by atoms with van der Waals surface area (Å²) in [5.74, 6) is 0.315. The van der Waals surface area contributed by atoms with Crippen molar-refractivity contribution in [2.24, 2.45) is 16.7 Å². The van der Waals surface area contributed by atoms with Gasteiger partial charge in [0.2, 0.25) is 5.91 Å². The van der Waals surface area contributed by atoms with Crippen molar-refractivity contribution in [3.05, 3.63) is 35.4 Å². The van der Waals surface area contributed by atoms with Gasteiger partial charge in [-0.3, -0.25) is 9.59 Å². The Hall–Kier alpha value is -1.70. The first-order valence-electron chi connectivity index (χ1n) is 10.3. The number of hydrogen-bond acceptors (Lipinski definition) is 3. The van der Waals surface area contributed by atoms with Crippen LogP contribution in [0.5, 0.6) is 0 Å². The molecule has 0 unspecified atom stereocenters. The van der Waals surface area contributed by atoms with Crippen molar-refractivity contribution in [1.29, 1.82) is 0 Å². The Bertz CT molecular complexity index is 842. The number of carbonyl (C=O) groups excluding carboxylic acids is 2. The summed E-state index contributed by atoms with van der Waals surface area (Å²) in [5.41, 5.74) is 0.381. The van der Waals surface area contributed by atoms with E-state index in [2.05, 4.69) is 0 Å². The van der Waals surface area contributed by atoms with Gasteiger partial charge in [0.1, 0.15) is 0 Å². The van der Waals surface area contributed by atoms with Gasteiger partial charge in [-0.05, 0) is 55.7 Å². The number of benzene rings is 1. The molecule has 0 radical (unpaired) electrons. The van der Waals surface area contributed by atoms with Crippen molar-refractivity contribution in [3.8, 4) is 0 Å². The van der Waals surface area contributed by atoms with Gasteiger partial charge in [-0.2, -0.15) is 26.7 Å². The Labute approximate surface area is 180 Å². The van der Waals surface area contributed by atoms with Gasteiger partial charge in [0, 0.05) is 29.8 Å². The van der Waals surface area contributed by atoms with Crippen molar-refractivity contribution in [2.45, 2.75) is 50.6 Å². The van der Waals surface area contributed by atoms with Crippen LogP contribution in [0.15, 0.2) is 24.3 Å². The van der Waals surface area contributed by atoms with E-state index in [-0.39, 0.29) is 48.0 Å². The van der Waals surface area contributed by atoms with E-state index >= 15 is 0 Å². The lowest BCUT2D eigenvalue weighted by atomic mass is 9.60. The molecule has 0 aromatic heterocycles. The summed E-state index contributed by atoms with van der Waals surface area (Å²) in [6.45, 7) is 1.96. The van der Waals surface area contributed by atoms with Gasteiger partial charge in [-0.25, -0.2) is 0 Å². The molecule has 2 spiro atoms. The Morgan fingerprint density at radius 1 is 1.07 bits per heavy atom. The third-order valence-electron chi connectivity index (χ3n) is 7.54. The normalized spacial score (nSPS) is 31.8. The second-order valence-electron chi connectivity index (χ2n) is 9.70. The lowest BCUT2D eigenvalue weighted by Gasteiger charge is -2.52. The van der Waals surface area contributed by atoms with Crippen LogP contribution in [-0.4, -0.2) is 36.5 Å². The number of esters is 1. The Morgan fingerprint density at radius 3 is 2.30 bits per heavy atom. The predicted molar refractivity (Wildman–Crippen MR) is 108 cm³/mol. The van der Waals surface area contributed by atoms with E-state index in [1.54, 1.807) is 12.1 Å². The molecule has 1 atom stereocenters. The number of amides is 1. The van der Waals surface area contributed by atoms with Gasteiger partial charge >= 0.3 is 12.1 Å². The fourth-order valence-corrected chi connectivity index (χ4v) is 5.96. The number of halogens is 3. The molecular formula is C22H26F3NO3S. The summed E-state index contributed by atoms with van der Waals surface area (Å²) < 4.78 is 43.3. The Kier molecular flexibility index (Phi) is 5.15. The summed E-state index contributed by atoms with van der Waals surface area (Å²) in [5, 5.41) is 0. The molecule has 4 fully saturated rings. The number of carbonyl (C=O) groups is 2. The van der Waals surface area contributed by atoms with Crippen LogP contribution < -0.4 is 0 Å². The number of likely N-dealkylation sites (tertiary alicyclic amines) is 1. The molecule has 5 rings (SSSR count). The van der Waals surface area contributed by atoms with Crippen molar-refractivity contribution in [3.63, 3.8) is 0 Å². The number of alkyl halides is 3. The van der Waals surface area contributed by atoms with Gasteiger partial charge in [0.15, 0.2) is 0 Å². The van der Waals surface area contributed by atoms with Crippen LogP contribution in [0.4, 0.5) is 13.2 Å². The molecule has 2 aliphatic heterocycles. The lowest BCUT2D eigenvalue weighted by Crippen LogP contribution is -2.60. The summed E-state index contributed by atoms with van der Waals surface area (Å²) in [4.78, 5) is 26.0. The van der Waals surface area contributed by atoms with Crippen LogP contribution in [-0.2, 0) is 20.5 Å². The SMILES string of the molecule is O=C1CC2(CO1)CC(C(=O)N1CC3(CC[C@H](c4ccc(C(F)(F)F)cc4)C3)C1)C2.S. The average molecular weight is 442 g/mol. The molecule has 30 heavy (non-hydrogen) atoms. The molecule has 2 saturated carbocycles. The molecule has 4 nitrogen and oxygen atoms in total. The third kappa shape index (κ3) is 3.61. The summed E-state index contributed by atoms with van der Waals surface area (Å²) in [6, 6.07) is 5.54. The highest BCUT2D eigenvalue weighted by atomic mass is 32.1. The molecule has 1 aromatic carbocycles. The van der Waals surface area contributed by atoms with E-state index in [1.807, 2.05) is 4.90 Å². The van der Waals surface area contributed by atoms with Gasteiger partial charge in [-0.1, -0.05) is 12.1 Å². The highest BCUT2D eigenvalue weighted by molar-refractivity contribution is 7.59. The van der Waals surface area contributed by atoms with Crippen LogP contribution in [0, 0.1) is 16.7 Å². The summed E-state index contributed by atoms with van der Waals surface area (Å²) >= 11 is 0. The maximum atomic E-state index is 12.8. The zero-order chi connectivity index (χ0) is 20.4. The largest absolute Gasteiger partial charge is 0.465 e. The second-order valence-corrected chi connectivity index (χ2v) is 9.70. The van der Waals surface area contributed by atoms with Crippen molar-refractivity contribution >= 4 is 25.4 Å². The van der Waals surface area contributed by atoms with Crippen LogP contribution in [0.3, 0.4) is 0 Å². The smallest absolute Gasteiger partial charge is 0.416 e.